The summed E-state index contributed by atoms with van der Waals surface area (Å²) < 4.78 is 6.79. The van der Waals surface area contributed by atoms with Crippen molar-refractivity contribution in [3.8, 4) is 11.1 Å². The van der Waals surface area contributed by atoms with Crippen LogP contribution in [0.5, 0.6) is 0 Å². The summed E-state index contributed by atoms with van der Waals surface area (Å²) in [5.74, 6) is 0.453. The molecule has 0 aliphatic carbocycles. The second-order valence-corrected chi connectivity index (χ2v) is 9.40. The highest BCUT2D eigenvalue weighted by Crippen LogP contribution is 2.28. The lowest BCUT2D eigenvalue weighted by Gasteiger charge is -2.31. The van der Waals surface area contributed by atoms with E-state index in [9.17, 15) is 9.59 Å². The number of likely N-dealkylation sites (tertiary alicyclic amines) is 1. The van der Waals surface area contributed by atoms with Crippen LogP contribution in [0.15, 0.2) is 71.7 Å². The summed E-state index contributed by atoms with van der Waals surface area (Å²) >= 11 is 6.45. The number of nitrogens with one attached hydrogen (secondary N) is 1. The van der Waals surface area contributed by atoms with Crippen LogP contribution in [0, 0.1) is 0 Å². The van der Waals surface area contributed by atoms with Gasteiger partial charge in [0.2, 0.25) is 5.95 Å². The van der Waals surface area contributed by atoms with Crippen molar-refractivity contribution in [2.24, 2.45) is 0 Å². The van der Waals surface area contributed by atoms with Crippen LogP contribution in [0.25, 0.3) is 22.2 Å². The predicted octanol–water partition coefficient (Wildman–Crippen LogP) is 5.61. The first-order valence-corrected chi connectivity index (χ1v) is 12.8. The average molecular weight is 554 g/mol. The van der Waals surface area contributed by atoms with Crippen LogP contribution in [0.2, 0.25) is 5.02 Å². The van der Waals surface area contributed by atoms with Crippen molar-refractivity contribution in [2.75, 3.05) is 25.0 Å². The number of hydrogen-bond acceptors (Lipinski definition) is 6. The summed E-state index contributed by atoms with van der Waals surface area (Å²) in [6.45, 7) is 3.74. The zero-order chi connectivity index (χ0) is 25.8. The van der Waals surface area contributed by atoms with Crippen LogP contribution in [0.3, 0.4) is 0 Å². The van der Waals surface area contributed by atoms with Gasteiger partial charge in [0, 0.05) is 46.9 Å². The molecule has 1 fully saturated rings. The van der Waals surface area contributed by atoms with Gasteiger partial charge in [-0.3, -0.25) is 9.36 Å². The van der Waals surface area contributed by atoms with Gasteiger partial charge >= 0.3 is 6.09 Å². The lowest BCUT2D eigenvalue weighted by Crippen LogP contribution is -2.42. The topological polar surface area (TPSA) is 89.4 Å². The number of ether oxygens (including phenoxy) is 1. The largest absolute Gasteiger partial charge is 0.450 e. The minimum absolute atomic E-state index is 0. The Balaban J connectivity index is 0.00000336. The van der Waals surface area contributed by atoms with Crippen molar-refractivity contribution in [2.45, 2.75) is 32.4 Å². The molecule has 1 amide bonds. The number of hydrogen-bond donors (Lipinski definition) is 1. The van der Waals surface area contributed by atoms with E-state index in [0.717, 1.165) is 23.8 Å². The van der Waals surface area contributed by atoms with E-state index >= 15 is 0 Å². The van der Waals surface area contributed by atoms with Gasteiger partial charge in [0.15, 0.2) is 0 Å². The van der Waals surface area contributed by atoms with Gasteiger partial charge in [-0.15, -0.1) is 12.4 Å². The Morgan fingerprint density at radius 1 is 1.08 bits per heavy atom. The Hall–Kier alpha value is -3.62. The molecule has 2 aromatic carbocycles. The normalized spacial score (nSPS) is 13.7. The number of anilines is 1. The molecule has 198 valence electrons. The van der Waals surface area contributed by atoms with Gasteiger partial charge in [0.05, 0.1) is 13.2 Å². The molecule has 5 rings (SSSR count). The third-order valence-corrected chi connectivity index (χ3v) is 6.86. The van der Waals surface area contributed by atoms with Crippen LogP contribution >= 0.6 is 24.0 Å². The van der Waals surface area contributed by atoms with Crippen LogP contribution in [0.1, 0.15) is 25.3 Å². The maximum absolute atomic E-state index is 13.8. The van der Waals surface area contributed by atoms with Crippen molar-refractivity contribution in [1.29, 1.82) is 0 Å². The molecule has 10 heteroatoms. The molecular weight excluding hydrogens is 525 g/mol. The average Bonchev–Trinajstić information content (AvgIpc) is 2.92. The van der Waals surface area contributed by atoms with Gasteiger partial charge in [-0.2, -0.15) is 4.98 Å². The zero-order valence-electron chi connectivity index (χ0n) is 21.0. The number of nitrogens with zero attached hydrogens (tertiary/aromatic N) is 4. The molecule has 1 N–H and O–H groups in total. The summed E-state index contributed by atoms with van der Waals surface area (Å²) in [5, 5.41) is 4.65. The van der Waals surface area contributed by atoms with Gasteiger partial charge in [0.25, 0.3) is 5.56 Å². The first-order chi connectivity index (χ1) is 18.0. The maximum atomic E-state index is 13.8. The fraction of sp³-hybridized carbons (Fsp3) is 0.286. The lowest BCUT2D eigenvalue weighted by atomic mass is 10.1. The van der Waals surface area contributed by atoms with Crippen LogP contribution in [-0.4, -0.2) is 51.3 Å². The second kappa shape index (κ2) is 12.3. The fourth-order valence-electron chi connectivity index (χ4n) is 4.62. The van der Waals surface area contributed by atoms with E-state index in [1.165, 1.54) is 0 Å². The van der Waals surface area contributed by atoms with E-state index in [-0.39, 0.29) is 30.1 Å². The number of amides is 1. The molecule has 1 aliphatic heterocycles. The Kier molecular flexibility index (Phi) is 8.86. The first-order valence-electron chi connectivity index (χ1n) is 12.4. The predicted molar refractivity (Wildman–Crippen MR) is 152 cm³/mol. The zero-order valence-corrected chi connectivity index (χ0v) is 22.5. The first kappa shape index (κ1) is 27.4. The molecular formula is C28H29Cl2N5O3. The Morgan fingerprint density at radius 2 is 1.79 bits per heavy atom. The molecule has 2 aromatic heterocycles. The number of fused-ring (bicyclic) bond motifs is 1. The second-order valence-electron chi connectivity index (χ2n) is 8.99. The Morgan fingerprint density at radius 3 is 2.50 bits per heavy atom. The highest BCUT2D eigenvalue weighted by molar-refractivity contribution is 6.33. The molecule has 8 nitrogen and oxygen atoms in total. The number of aromatic nitrogens is 3. The highest BCUT2D eigenvalue weighted by Gasteiger charge is 2.24. The van der Waals surface area contributed by atoms with Crippen LogP contribution in [0.4, 0.5) is 10.7 Å². The third kappa shape index (κ3) is 5.92. The van der Waals surface area contributed by atoms with Crippen molar-refractivity contribution in [3.05, 3.63) is 87.8 Å². The van der Waals surface area contributed by atoms with Gasteiger partial charge in [-0.1, -0.05) is 60.1 Å². The highest BCUT2D eigenvalue weighted by atomic mass is 35.5. The van der Waals surface area contributed by atoms with E-state index < -0.39 is 0 Å². The summed E-state index contributed by atoms with van der Waals surface area (Å²) in [6.07, 6.45) is 2.96. The minimum Gasteiger partial charge on any atom is -0.450 e. The quantitative estimate of drug-likeness (QED) is 0.333. The van der Waals surface area contributed by atoms with E-state index in [1.807, 2.05) is 54.6 Å². The number of carbonyl (C=O) groups is 1. The summed E-state index contributed by atoms with van der Waals surface area (Å²) in [4.78, 5) is 36.8. The van der Waals surface area contributed by atoms with E-state index in [0.29, 0.717) is 54.0 Å². The number of pyridine rings is 1. The van der Waals surface area contributed by atoms with Gasteiger partial charge in [-0.25, -0.2) is 9.78 Å². The summed E-state index contributed by atoms with van der Waals surface area (Å²) in [5.41, 5.74) is 2.54. The SMILES string of the molecule is CCOC(=O)N1CCC(Nc2ncc3cc(-c4ccccc4Cl)c(=O)n(Cc4ccccc4)c3n2)CC1.Cl. The standard InChI is InChI=1S/C28H28ClN5O3.ClH/c1-2-37-28(36)33-14-12-21(13-15-33)31-27-30-17-20-16-23(22-10-6-7-11-24(22)29)26(35)34(25(20)32-27)18-19-8-4-3-5-9-19;/h3-11,16-17,21H,2,12-15,18H2,1H3,(H,30,31,32);1H. The number of piperidine rings is 1. The Labute approximate surface area is 232 Å². The van der Waals surface area contributed by atoms with E-state index in [2.05, 4.69) is 10.3 Å². The van der Waals surface area contributed by atoms with Crippen molar-refractivity contribution >= 4 is 47.1 Å². The molecule has 0 radical (unpaired) electrons. The molecule has 38 heavy (non-hydrogen) atoms. The fourth-order valence-corrected chi connectivity index (χ4v) is 4.86. The summed E-state index contributed by atoms with van der Waals surface area (Å²) in [6, 6.07) is 19.1. The minimum atomic E-state index is -0.276. The number of carbonyl (C=O) groups excluding carboxylic acids is 1. The molecule has 0 bridgehead atoms. The smallest absolute Gasteiger partial charge is 0.409 e. The van der Waals surface area contributed by atoms with Crippen molar-refractivity contribution in [1.82, 2.24) is 19.4 Å². The Bertz CT molecular complexity index is 1470. The van der Waals surface area contributed by atoms with Gasteiger partial charge in [-0.05, 0) is 37.5 Å². The van der Waals surface area contributed by atoms with E-state index in [1.54, 1.807) is 28.7 Å². The molecule has 1 saturated heterocycles. The maximum Gasteiger partial charge on any atom is 0.409 e. The molecule has 1 aliphatic rings. The van der Waals surface area contributed by atoms with Crippen LogP contribution < -0.4 is 10.9 Å². The molecule has 0 saturated carbocycles. The number of benzene rings is 2. The lowest BCUT2D eigenvalue weighted by molar-refractivity contribution is 0.0983. The number of halogens is 2. The molecule has 4 aromatic rings. The summed E-state index contributed by atoms with van der Waals surface area (Å²) in [7, 11) is 0. The monoisotopic (exact) mass is 553 g/mol. The molecule has 3 heterocycles. The van der Waals surface area contributed by atoms with E-state index in [4.69, 9.17) is 21.3 Å². The van der Waals surface area contributed by atoms with Gasteiger partial charge < -0.3 is 15.0 Å². The van der Waals surface area contributed by atoms with Gasteiger partial charge in [0.1, 0.15) is 5.65 Å². The van der Waals surface area contributed by atoms with Crippen LogP contribution in [-0.2, 0) is 11.3 Å². The third-order valence-electron chi connectivity index (χ3n) is 6.53. The van der Waals surface area contributed by atoms with Crippen molar-refractivity contribution in [3.63, 3.8) is 0 Å². The number of rotatable bonds is 6. The molecule has 0 atom stereocenters. The molecule has 0 spiro atoms. The van der Waals surface area contributed by atoms with Crippen molar-refractivity contribution < 1.29 is 9.53 Å². The molecule has 0 unspecified atom stereocenters.